The fraction of sp³-hybridized carbons (Fsp3) is 0.368. The van der Waals surface area contributed by atoms with Crippen LogP contribution >= 0.6 is 0 Å². The minimum absolute atomic E-state index is 0.0121. The van der Waals surface area contributed by atoms with Crippen LogP contribution < -0.4 is 20.1 Å². The van der Waals surface area contributed by atoms with E-state index in [1.165, 1.54) is 0 Å². The Hall–Kier alpha value is -2.76. The van der Waals surface area contributed by atoms with Crippen LogP contribution in [0, 0.1) is 5.92 Å². The molecule has 0 saturated heterocycles. The van der Waals surface area contributed by atoms with Crippen molar-refractivity contribution in [3.8, 4) is 11.5 Å². The number of pyridine rings is 1. The molecule has 0 spiro atoms. The summed E-state index contributed by atoms with van der Waals surface area (Å²) in [4.78, 5) is 16.4. The average molecular weight is 343 g/mol. The lowest BCUT2D eigenvalue weighted by atomic mass is 10.0. The van der Waals surface area contributed by atoms with Crippen LogP contribution in [-0.4, -0.2) is 25.1 Å². The third kappa shape index (κ3) is 4.86. The Bertz CT molecular complexity index is 698. The summed E-state index contributed by atoms with van der Waals surface area (Å²) in [5.74, 6) is 1.90. The molecule has 0 unspecified atom stereocenters. The van der Waals surface area contributed by atoms with Gasteiger partial charge in [-0.25, -0.2) is 4.98 Å². The highest BCUT2D eigenvalue weighted by Gasteiger charge is 2.14. The lowest BCUT2D eigenvalue weighted by molar-refractivity contribution is -0.120. The Kier molecular flexibility index (Phi) is 6.62. The zero-order chi connectivity index (χ0) is 18.2. The number of carbonyl (C=O) groups excluding carboxylic acids is 1. The van der Waals surface area contributed by atoms with Gasteiger partial charge >= 0.3 is 0 Å². The summed E-state index contributed by atoms with van der Waals surface area (Å²) in [5.41, 5.74) is 1.67. The van der Waals surface area contributed by atoms with Crippen molar-refractivity contribution in [2.75, 3.05) is 24.9 Å². The van der Waals surface area contributed by atoms with E-state index in [0.29, 0.717) is 17.3 Å². The van der Waals surface area contributed by atoms with Crippen molar-refractivity contribution in [3.63, 3.8) is 0 Å². The monoisotopic (exact) mass is 343 g/mol. The van der Waals surface area contributed by atoms with E-state index in [1.54, 1.807) is 26.5 Å². The van der Waals surface area contributed by atoms with Crippen molar-refractivity contribution in [1.29, 1.82) is 0 Å². The van der Waals surface area contributed by atoms with E-state index in [0.717, 1.165) is 24.2 Å². The minimum Gasteiger partial charge on any atom is -0.493 e. The maximum Gasteiger partial charge on any atom is 0.228 e. The van der Waals surface area contributed by atoms with E-state index in [2.05, 4.69) is 15.6 Å². The van der Waals surface area contributed by atoms with Crippen molar-refractivity contribution < 1.29 is 14.3 Å². The molecule has 1 amide bonds. The van der Waals surface area contributed by atoms with Crippen molar-refractivity contribution in [2.24, 2.45) is 5.92 Å². The highest BCUT2D eigenvalue weighted by atomic mass is 16.5. The van der Waals surface area contributed by atoms with Crippen LogP contribution in [0.5, 0.6) is 11.5 Å². The van der Waals surface area contributed by atoms with Gasteiger partial charge in [0.05, 0.1) is 26.1 Å². The number of nitrogens with one attached hydrogen (secondary N) is 2. The molecule has 0 atom stereocenters. The van der Waals surface area contributed by atoms with Gasteiger partial charge in [0.25, 0.3) is 0 Å². The average Bonchev–Trinajstić information content (AvgIpc) is 2.64. The molecule has 134 valence electrons. The van der Waals surface area contributed by atoms with Crippen LogP contribution in [0.4, 0.5) is 17.2 Å². The van der Waals surface area contributed by atoms with E-state index in [-0.39, 0.29) is 11.8 Å². The summed E-state index contributed by atoms with van der Waals surface area (Å²) in [6.45, 7) is 4.02. The number of hydrogen-bond acceptors (Lipinski definition) is 5. The summed E-state index contributed by atoms with van der Waals surface area (Å²) in [6, 6.07) is 9.22. The van der Waals surface area contributed by atoms with Crippen LogP contribution in [-0.2, 0) is 4.79 Å². The van der Waals surface area contributed by atoms with Crippen LogP contribution in [0.3, 0.4) is 0 Å². The molecule has 0 aliphatic rings. The second-order valence-electron chi connectivity index (χ2n) is 5.63. The molecule has 6 heteroatoms. The molecular formula is C19H25N3O3. The summed E-state index contributed by atoms with van der Waals surface area (Å²) in [7, 11) is 3.20. The fourth-order valence-corrected chi connectivity index (χ4v) is 2.51. The molecule has 2 N–H and O–H groups in total. The molecule has 2 rings (SSSR count). The third-order valence-electron chi connectivity index (χ3n) is 4.04. The summed E-state index contributed by atoms with van der Waals surface area (Å²) >= 11 is 0. The van der Waals surface area contributed by atoms with E-state index in [4.69, 9.17) is 9.47 Å². The molecule has 0 fully saturated rings. The van der Waals surface area contributed by atoms with E-state index in [9.17, 15) is 4.79 Å². The summed E-state index contributed by atoms with van der Waals surface area (Å²) in [6.07, 6.45) is 3.32. The molecule has 0 saturated carbocycles. The van der Waals surface area contributed by atoms with Gasteiger partial charge in [0.2, 0.25) is 5.91 Å². The Labute approximate surface area is 148 Å². The van der Waals surface area contributed by atoms with Gasteiger partial charge in [-0.3, -0.25) is 4.79 Å². The maximum atomic E-state index is 12.1. The number of benzene rings is 1. The first kappa shape index (κ1) is 18.6. The lowest BCUT2D eigenvalue weighted by Gasteiger charge is -2.13. The second-order valence-corrected chi connectivity index (χ2v) is 5.63. The predicted octanol–water partition coefficient (Wildman–Crippen LogP) is 4.22. The number of anilines is 3. The lowest BCUT2D eigenvalue weighted by Crippen LogP contribution is -2.22. The zero-order valence-corrected chi connectivity index (χ0v) is 15.1. The van der Waals surface area contributed by atoms with Gasteiger partial charge in [-0.1, -0.05) is 13.8 Å². The van der Waals surface area contributed by atoms with Gasteiger partial charge in [-0.15, -0.1) is 0 Å². The van der Waals surface area contributed by atoms with Crippen LogP contribution in [0.15, 0.2) is 36.5 Å². The molecule has 0 bridgehead atoms. The first-order valence-corrected chi connectivity index (χ1v) is 8.37. The predicted molar refractivity (Wildman–Crippen MR) is 99.8 cm³/mol. The van der Waals surface area contributed by atoms with Crippen LogP contribution in [0.1, 0.15) is 26.7 Å². The fourth-order valence-electron chi connectivity index (χ4n) is 2.51. The minimum atomic E-state index is 0.0121. The topological polar surface area (TPSA) is 72.5 Å². The first-order chi connectivity index (χ1) is 12.1. The zero-order valence-electron chi connectivity index (χ0n) is 15.1. The number of nitrogens with zero attached hydrogens (tertiary/aromatic N) is 1. The molecular weight excluding hydrogens is 318 g/mol. The van der Waals surface area contributed by atoms with Gasteiger partial charge in [0, 0.05) is 17.7 Å². The number of hydrogen-bond donors (Lipinski definition) is 2. The Morgan fingerprint density at radius 1 is 1.04 bits per heavy atom. The van der Waals surface area contributed by atoms with Gasteiger partial charge in [0.15, 0.2) is 11.5 Å². The smallest absolute Gasteiger partial charge is 0.228 e. The Balaban J connectivity index is 2.04. The summed E-state index contributed by atoms with van der Waals surface area (Å²) in [5, 5.41) is 6.10. The van der Waals surface area contributed by atoms with Crippen molar-refractivity contribution >= 4 is 23.1 Å². The molecule has 1 heterocycles. The largest absolute Gasteiger partial charge is 0.493 e. The quantitative estimate of drug-likeness (QED) is 0.751. The van der Waals surface area contributed by atoms with Crippen molar-refractivity contribution in [1.82, 2.24) is 4.98 Å². The molecule has 1 aromatic carbocycles. The van der Waals surface area contributed by atoms with Crippen LogP contribution in [0.25, 0.3) is 0 Å². The Morgan fingerprint density at radius 2 is 1.72 bits per heavy atom. The van der Waals surface area contributed by atoms with Gasteiger partial charge in [-0.05, 0) is 37.1 Å². The highest BCUT2D eigenvalue weighted by molar-refractivity contribution is 5.91. The van der Waals surface area contributed by atoms with Gasteiger partial charge < -0.3 is 20.1 Å². The van der Waals surface area contributed by atoms with E-state index >= 15 is 0 Å². The number of amides is 1. The first-order valence-electron chi connectivity index (χ1n) is 8.37. The van der Waals surface area contributed by atoms with E-state index in [1.807, 2.05) is 38.1 Å². The normalized spacial score (nSPS) is 10.4. The molecule has 0 aliphatic carbocycles. The van der Waals surface area contributed by atoms with Crippen LogP contribution in [0.2, 0.25) is 0 Å². The maximum absolute atomic E-state index is 12.1. The van der Waals surface area contributed by atoms with Crippen molar-refractivity contribution in [2.45, 2.75) is 26.7 Å². The van der Waals surface area contributed by atoms with Gasteiger partial charge in [0.1, 0.15) is 5.82 Å². The number of rotatable bonds is 8. The molecule has 0 aliphatic heterocycles. The SMILES string of the molecule is CCC(CC)C(=O)Nc1ccc(Nc2ccc(OC)c(OC)c2)cn1. The standard InChI is InChI=1S/C19H25N3O3/c1-5-13(6-2)19(23)22-18-10-8-15(12-20-18)21-14-7-9-16(24-3)17(11-14)25-4/h7-13,21H,5-6H2,1-4H3,(H,20,22,23). The third-order valence-corrected chi connectivity index (χ3v) is 4.04. The number of methoxy groups -OCH3 is 2. The van der Waals surface area contributed by atoms with E-state index < -0.39 is 0 Å². The van der Waals surface area contributed by atoms with Crippen molar-refractivity contribution in [3.05, 3.63) is 36.5 Å². The molecule has 25 heavy (non-hydrogen) atoms. The van der Waals surface area contributed by atoms with Gasteiger partial charge in [-0.2, -0.15) is 0 Å². The number of ether oxygens (including phenoxy) is 2. The molecule has 2 aromatic rings. The molecule has 0 radical (unpaired) electrons. The number of aromatic nitrogens is 1. The molecule has 1 aromatic heterocycles. The molecule has 6 nitrogen and oxygen atoms in total. The second kappa shape index (κ2) is 8.92. The highest BCUT2D eigenvalue weighted by Crippen LogP contribution is 2.31. The Morgan fingerprint density at radius 3 is 2.28 bits per heavy atom. The summed E-state index contributed by atoms with van der Waals surface area (Å²) < 4.78 is 10.5. The number of carbonyl (C=O) groups is 1.